The van der Waals surface area contributed by atoms with Gasteiger partial charge in [-0.1, -0.05) is 6.08 Å². The Morgan fingerprint density at radius 2 is 2.15 bits per heavy atom. The molecule has 0 saturated heterocycles. The Bertz CT molecular complexity index is 1070. The first-order valence-electron chi connectivity index (χ1n) is 7.99. The van der Waals surface area contributed by atoms with Crippen LogP contribution in [0.4, 0.5) is 13.2 Å². The Hall–Kier alpha value is -2.56. The number of fused-ring (bicyclic) bond motifs is 1. The highest BCUT2D eigenvalue weighted by molar-refractivity contribution is 7.93. The zero-order valence-electron chi connectivity index (χ0n) is 14.2. The van der Waals surface area contributed by atoms with Crippen molar-refractivity contribution < 1.29 is 22.5 Å². The molecule has 10 heteroatoms. The number of alkyl halides is 2. The molecule has 1 aromatic rings. The summed E-state index contributed by atoms with van der Waals surface area (Å²) in [6.07, 6.45) is 3.52. The average molecular weight is 396 g/mol. The van der Waals surface area contributed by atoms with Crippen molar-refractivity contribution in [2.45, 2.75) is 42.2 Å². The van der Waals surface area contributed by atoms with Crippen LogP contribution in [-0.2, 0) is 16.1 Å². The second-order valence-corrected chi connectivity index (χ2v) is 8.71. The van der Waals surface area contributed by atoms with Crippen LogP contribution >= 0.6 is 0 Å². The van der Waals surface area contributed by atoms with Gasteiger partial charge in [0.1, 0.15) is 11.9 Å². The molecule has 0 bridgehead atoms. The van der Waals surface area contributed by atoms with E-state index < -0.39 is 40.0 Å². The summed E-state index contributed by atoms with van der Waals surface area (Å²) in [6, 6.07) is 1.19. The molecule has 0 aromatic carbocycles. The fourth-order valence-corrected chi connectivity index (χ4v) is 4.63. The molecule has 0 saturated carbocycles. The minimum atomic E-state index is -3.41. The van der Waals surface area contributed by atoms with Crippen molar-refractivity contribution in [3.05, 3.63) is 41.0 Å². The van der Waals surface area contributed by atoms with Gasteiger partial charge in [-0.2, -0.15) is 10.5 Å². The molecule has 2 unspecified atom stereocenters. The lowest BCUT2D eigenvalue weighted by molar-refractivity contribution is -0.123. The number of hydrogen-bond acceptors (Lipinski definition) is 5. The molecule has 3 rings (SSSR count). The predicted molar refractivity (Wildman–Crippen MR) is 89.6 cm³/mol. The number of nitriles is 2. The Kier molecular flexibility index (Phi) is 4.66. The van der Waals surface area contributed by atoms with Gasteiger partial charge in [-0.3, -0.25) is 0 Å². The number of rotatable bonds is 2. The van der Waals surface area contributed by atoms with Gasteiger partial charge in [0.25, 0.3) is 5.92 Å². The van der Waals surface area contributed by atoms with Crippen LogP contribution in [0.3, 0.4) is 0 Å². The lowest BCUT2D eigenvalue weighted by atomic mass is 9.91. The molecule has 0 amide bonds. The maximum Gasteiger partial charge on any atom is 0.278 e. The Morgan fingerprint density at radius 3 is 2.78 bits per heavy atom. The van der Waals surface area contributed by atoms with Crippen LogP contribution in [0.25, 0.3) is 0 Å². The topological polar surface area (TPSA) is 102 Å². The van der Waals surface area contributed by atoms with Crippen LogP contribution in [0.15, 0.2) is 39.0 Å². The zero-order chi connectivity index (χ0) is 20.0. The van der Waals surface area contributed by atoms with Gasteiger partial charge in [-0.15, -0.1) is 4.36 Å². The van der Waals surface area contributed by atoms with Gasteiger partial charge in [0.15, 0.2) is 0 Å². The second-order valence-electron chi connectivity index (χ2n) is 6.49. The molecule has 0 spiro atoms. The summed E-state index contributed by atoms with van der Waals surface area (Å²) in [5.74, 6) is -4.08. The highest BCUT2D eigenvalue weighted by Crippen LogP contribution is 2.46. The van der Waals surface area contributed by atoms with Crippen molar-refractivity contribution in [2.24, 2.45) is 4.36 Å². The lowest BCUT2D eigenvalue weighted by Crippen LogP contribution is -2.33. The van der Waals surface area contributed by atoms with E-state index in [1.54, 1.807) is 6.07 Å². The van der Waals surface area contributed by atoms with E-state index in [1.165, 1.54) is 23.0 Å². The van der Waals surface area contributed by atoms with Crippen molar-refractivity contribution in [3.63, 3.8) is 0 Å². The maximum absolute atomic E-state index is 14.1. The van der Waals surface area contributed by atoms with E-state index in [1.807, 2.05) is 0 Å². The standard InChI is InChI=1S/C17H15F3N4O2S/c1-27(26,23-9-22)14-8-24(11-2-3-12(18)10(6-11)7-21)13-4-5-17(19,20)16(25)15(13)14/h2-3,8,11,16,25H,4-6H2,1H3/t11?,16-,27?/m1/s1. The van der Waals surface area contributed by atoms with Crippen LogP contribution in [0.2, 0.25) is 0 Å². The molecule has 6 nitrogen and oxygen atoms in total. The molecule has 0 fully saturated rings. The number of halogens is 3. The highest BCUT2D eigenvalue weighted by Gasteiger charge is 2.47. The van der Waals surface area contributed by atoms with E-state index in [9.17, 15) is 22.5 Å². The first-order valence-corrected chi connectivity index (χ1v) is 9.91. The van der Waals surface area contributed by atoms with E-state index in [-0.39, 0.29) is 28.9 Å². The third-order valence-electron chi connectivity index (χ3n) is 4.79. The van der Waals surface area contributed by atoms with Crippen LogP contribution < -0.4 is 0 Å². The van der Waals surface area contributed by atoms with Crippen molar-refractivity contribution in [1.82, 2.24) is 4.57 Å². The summed E-state index contributed by atoms with van der Waals surface area (Å²) in [5.41, 5.74) is 0.0206. The summed E-state index contributed by atoms with van der Waals surface area (Å²) >= 11 is 0. The first-order chi connectivity index (χ1) is 12.6. The van der Waals surface area contributed by atoms with E-state index in [4.69, 9.17) is 10.5 Å². The van der Waals surface area contributed by atoms with Crippen LogP contribution in [0.5, 0.6) is 0 Å². The van der Waals surface area contributed by atoms with Crippen molar-refractivity contribution in [3.8, 4) is 12.3 Å². The van der Waals surface area contributed by atoms with E-state index >= 15 is 0 Å². The van der Waals surface area contributed by atoms with Gasteiger partial charge in [0.05, 0.1) is 32.3 Å². The van der Waals surface area contributed by atoms with E-state index in [2.05, 4.69) is 4.36 Å². The van der Waals surface area contributed by atoms with Gasteiger partial charge in [-0.05, 0) is 12.5 Å². The monoisotopic (exact) mass is 396 g/mol. The van der Waals surface area contributed by atoms with Gasteiger partial charge in [0.2, 0.25) is 6.19 Å². The van der Waals surface area contributed by atoms with E-state index in [0.717, 1.165) is 12.3 Å². The fourth-order valence-electron chi connectivity index (χ4n) is 3.43. The number of aliphatic hydroxyl groups excluding tert-OH is 1. The average Bonchev–Trinajstić information content (AvgIpc) is 3.00. The summed E-state index contributed by atoms with van der Waals surface area (Å²) in [6.45, 7) is 0. The molecule has 1 aromatic heterocycles. The zero-order valence-corrected chi connectivity index (χ0v) is 15.0. The number of aliphatic hydroxyl groups is 1. The van der Waals surface area contributed by atoms with Gasteiger partial charge in [-0.25, -0.2) is 17.4 Å². The summed E-state index contributed by atoms with van der Waals surface area (Å²) in [5, 5.41) is 28.0. The van der Waals surface area contributed by atoms with E-state index in [0.29, 0.717) is 5.69 Å². The summed E-state index contributed by atoms with van der Waals surface area (Å²) in [4.78, 5) is -0.146. The molecule has 2 aliphatic carbocycles. The van der Waals surface area contributed by atoms with Crippen LogP contribution in [0.1, 0.15) is 36.2 Å². The molecular weight excluding hydrogens is 381 g/mol. The molecule has 1 N–H and O–H groups in total. The van der Waals surface area contributed by atoms with Gasteiger partial charge in [0, 0.05) is 36.6 Å². The van der Waals surface area contributed by atoms with Crippen LogP contribution in [0, 0.1) is 22.8 Å². The molecule has 1 heterocycles. The fraction of sp³-hybridized carbons (Fsp3) is 0.412. The van der Waals surface area contributed by atoms with Crippen molar-refractivity contribution in [2.75, 3.05) is 6.26 Å². The first kappa shape index (κ1) is 19.2. The third kappa shape index (κ3) is 3.15. The summed E-state index contributed by atoms with van der Waals surface area (Å²) in [7, 11) is -3.36. The molecule has 0 radical (unpaired) electrons. The number of allylic oxidation sites excluding steroid dienone is 4. The number of nitrogens with zero attached hydrogens (tertiary/aromatic N) is 4. The predicted octanol–water partition coefficient (Wildman–Crippen LogP) is 3.29. The molecule has 0 aliphatic heterocycles. The molecular formula is C17H15F3N4O2S. The number of hydrogen-bond donors (Lipinski definition) is 1. The van der Waals surface area contributed by atoms with Crippen molar-refractivity contribution >= 4 is 9.73 Å². The van der Waals surface area contributed by atoms with Gasteiger partial charge < -0.3 is 9.67 Å². The second kappa shape index (κ2) is 6.55. The Labute approximate surface area is 154 Å². The molecule has 142 valence electrons. The Balaban J connectivity index is 2.21. The minimum Gasteiger partial charge on any atom is -0.382 e. The minimum absolute atomic E-state index is 0.00776. The number of aromatic nitrogens is 1. The summed E-state index contributed by atoms with van der Waals surface area (Å²) < 4.78 is 59.5. The van der Waals surface area contributed by atoms with Crippen molar-refractivity contribution in [1.29, 1.82) is 10.5 Å². The quantitative estimate of drug-likeness (QED) is 0.775. The van der Waals surface area contributed by atoms with Gasteiger partial charge >= 0.3 is 0 Å². The molecule has 2 aliphatic rings. The normalized spacial score (nSPS) is 25.9. The smallest absolute Gasteiger partial charge is 0.278 e. The lowest BCUT2D eigenvalue weighted by Gasteiger charge is -2.30. The third-order valence-corrected chi connectivity index (χ3v) is 6.37. The largest absolute Gasteiger partial charge is 0.382 e. The molecule has 27 heavy (non-hydrogen) atoms. The molecule has 3 atom stereocenters. The maximum atomic E-state index is 14.1. The highest BCUT2D eigenvalue weighted by atomic mass is 32.2. The SMILES string of the molecule is CS(=O)(=NC#N)c1cn(C2C=CC(F)=C(C#N)C2)c2c1[C@@H](O)C(F)(F)CC2. The Morgan fingerprint density at radius 1 is 1.44 bits per heavy atom. The van der Waals surface area contributed by atoms with Crippen LogP contribution in [-0.4, -0.2) is 26.1 Å².